The average Bonchev–Trinajstić information content (AvgIpc) is 2.50. The van der Waals surface area contributed by atoms with E-state index < -0.39 is 17.7 Å². The Hall–Kier alpha value is -1.85. The molecule has 0 aliphatic carbocycles. The van der Waals surface area contributed by atoms with Gasteiger partial charge in [-0.3, -0.25) is 9.88 Å². The standard InChI is InChI=1S/C16H18F2N2O/c1-11(12-5-7-19-8-6-12)20(2)10-16(21)13-3-4-14(17)15(18)9-13/h3-9,11,16,21H,10H2,1-2H3. The Balaban J connectivity index is 2.04. The highest BCUT2D eigenvalue weighted by Gasteiger charge is 2.17. The molecule has 0 saturated carbocycles. The molecule has 112 valence electrons. The van der Waals surface area contributed by atoms with Crippen molar-refractivity contribution in [2.45, 2.75) is 19.1 Å². The first-order valence-electron chi connectivity index (χ1n) is 6.72. The average molecular weight is 292 g/mol. The van der Waals surface area contributed by atoms with Crippen molar-refractivity contribution in [1.82, 2.24) is 9.88 Å². The van der Waals surface area contributed by atoms with E-state index in [9.17, 15) is 13.9 Å². The molecule has 2 aromatic rings. The number of likely N-dealkylation sites (N-methyl/N-ethyl adjacent to an activating group) is 1. The smallest absolute Gasteiger partial charge is 0.159 e. The van der Waals surface area contributed by atoms with E-state index in [4.69, 9.17) is 0 Å². The molecule has 3 nitrogen and oxygen atoms in total. The van der Waals surface area contributed by atoms with Gasteiger partial charge in [0.1, 0.15) is 0 Å². The fourth-order valence-corrected chi connectivity index (χ4v) is 2.15. The van der Waals surface area contributed by atoms with Gasteiger partial charge < -0.3 is 5.11 Å². The predicted molar refractivity (Wildman–Crippen MR) is 76.6 cm³/mol. The van der Waals surface area contributed by atoms with Gasteiger partial charge in [0.05, 0.1) is 6.10 Å². The van der Waals surface area contributed by atoms with Gasteiger partial charge >= 0.3 is 0 Å². The molecule has 21 heavy (non-hydrogen) atoms. The van der Waals surface area contributed by atoms with Gasteiger partial charge in [-0.15, -0.1) is 0 Å². The van der Waals surface area contributed by atoms with Crippen molar-refractivity contribution < 1.29 is 13.9 Å². The fraction of sp³-hybridized carbons (Fsp3) is 0.312. The molecule has 1 aromatic heterocycles. The quantitative estimate of drug-likeness (QED) is 0.920. The Morgan fingerprint density at radius 2 is 1.76 bits per heavy atom. The Bertz CT molecular complexity index is 592. The number of aliphatic hydroxyl groups excluding tert-OH is 1. The van der Waals surface area contributed by atoms with Crippen molar-refractivity contribution in [3.63, 3.8) is 0 Å². The van der Waals surface area contributed by atoms with Crippen LogP contribution in [0.2, 0.25) is 0 Å². The molecule has 0 spiro atoms. The molecule has 0 radical (unpaired) electrons. The van der Waals surface area contributed by atoms with Crippen molar-refractivity contribution >= 4 is 0 Å². The molecular weight excluding hydrogens is 274 g/mol. The van der Waals surface area contributed by atoms with Crippen molar-refractivity contribution in [2.24, 2.45) is 0 Å². The summed E-state index contributed by atoms with van der Waals surface area (Å²) < 4.78 is 26.1. The molecule has 0 aliphatic heterocycles. The van der Waals surface area contributed by atoms with Crippen LogP contribution in [-0.2, 0) is 0 Å². The normalized spacial score (nSPS) is 14.2. The molecule has 0 fully saturated rings. The minimum Gasteiger partial charge on any atom is -0.387 e. The van der Waals surface area contributed by atoms with Crippen molar-refractivity contribution in [2.75, 3.05) is 13.6 Å². The largest absolute Gasteiger partial charge is 0.387 e. The lowest BCUT2D eigenvalue weighted by atomic mass is 10.1. The van der Waals surface area contributed by atoms with Crippen LogP contribution in [0.1, 0.15) is 30.2 Å². The SMILES string of the molecule is CC(c1ccncc1)N(C)CC(O)c1ccc(F)c(F)c1. The first kappa shape index (κ1) is 15.5. The van der Waals surface area contributed by atoms with Gasteiger partial charge in [-0.25, -0.2) is 8.78 Å². The first-order valence-corrected chi connectivity index (χ1v) is 6.72. The van der Waals surface area contributed by atoms with Gasteiger partial charge in [0.2, 0.25) is 0 Å². The minimum atomic E-state index is -0.948. The molecule has 0 amide bonds. The number of rotatable bonds is 5. The number of benzene rings is 1. The molecule has 0 saturated heterocycles. The van der Waals surface area contributed by atoms with E-state index in [1.54, 1.807) is 12.4 Å². The lowest BCUT2D eigenvalue weighted by molar-refractivity contribution is 0.108. The van der Waals surface area contributed by atoms with Gasteiger partial charge in [-0.05, 0) is 49.4 Å². The molecule has 2 rings (SSSR count). The van der Waals surface area contributed by atoms with Crippen molar-refractivity contribution in [3.8, 4) is 0 Å². The van der Waals surface area contributed by atoms with E-state index in [0.29, 0.717) is 12.1 Å². The highest BCUT2D eigenvalue weighted by Crippen LogP contribution is 2.22. The Morgan fingerprint density at radius 3 is 2.38 bits per heavy atom. The third-order valence-electron chi connectivity index (χ3n) is 3.64. The summed E-state index contributed by atoms with van der Waals surface area (Å²) in [7, 11) is 1.87. The van der Waals surface area contributed by atoms with E-state index in [1.165, 1.54) is 6.07 Å². The fourth-order valence-electron chi connectivity index (χ4n) is 2.15. The Morgan fingerprint density at radius 1 is 1.10 bits per heavy atom. The number of halogens is 2. The number of aliphatic hydroxyl groups is 1. The van der Waals surface area contributed by atoms with E-state index >= 15 is 0 Å². The van der Waals surface area contributed by atoms with Crippen molar-refractivity contribution in [3.05, 3.63) is 65.5 Å². The zero-order chi connectivity index (χ0) is 15.4. The highest BCUT2D eigenvalue weighted by atomic mass is 19.2. The zero-order valence-corrected chi connectivity index (χ0v) is 12.0. The number of pyridine rings is 1. The Labute approximate surface area is 122 Å². The van der Waals surface area contributed by atoms with Crippen LogP contribution in [0.3, 0.4) is 0 Å². The first-order chi connectivity index (χ1) is 9.99. The predicted octanol–water partition coefficient (Wildman–Crippen LogP) is 3.09. The minimum absolute atomic E-state index is 0.0768. The lowest BCUT2D eigenvalue weighted by Crippen LogP contribution is -2.27. The molecule has 2 atom stereocenters. The summed E-state index contributed by atoms with van der Waals surface area (Å²) in [6.45, 7) is 2.32. The maximum atomic E-state index is 13.2. The summed E-state index contributed by atoms with van der Waals surface area (Å²) in [5.41, 5.74) is 1.44. The van der Waals surface area contributed by atoms with Gasteiger partial charge in [0.25, 0.3) is 0 Å². The maximum Gasteiger partial charge on any atom is 0.159 e. The van der Waals surface area contributed by atoms with Crippen LogP contribution in [0, 0.1) is 11.6 Å². The number of hydrogen-bond acceptors (Lipinski definition) is 3. The molecule has 0 aliphatic rings. The second-order valence-electron chi connectivity index (χ2n) is 5.09. The lowest BCUT2D eigenvalue weighted by Gasteiger charge is -2.27. The molecule has 1 N–H and O–H groups in total. The van der Waals surface area contributed by atoms with Crippen LogP contribution >= 0.6 is 0 Å². The monoisotopic (exact) mass is 292 g/mol. The van der Waals surface area contributed by atoms with Crippen LogP contribution in [0.25, 0.3) is 0 Å². The summed E-state index contributed by atoms with van der Waals surface area (Å²) in [5, 5.41) is 10.2. The molecular formula is C16H18F2N2O. The van der Waals surface area contributed by atoms with E-state index in [-0.39, 0.29) is 6.04 Å². The molecule has 5 heteroatoms. The molecule has 1 heterocycles. The van der Waals surface area contributed by atoms with Crippen molar-refractivity contribution in [1.29, 1.82) is 0 Å². The van der Waals surface area contributed by atoms with E-state index in [1.807, 2.05) is 31.0 Å². The molecule has 1 aromatic carbocycles. The highest BCUT2D eigenvalue weighted by molar-refractivity contribution is 5.21. The number of nitrogens with zero attached hydrogens (tertiary/aromatic N) is 2. The molecule has 2 unspecified atom stereocenters. The zero-order valence-electron chi connectivity index (χ0n) is 12.0. The van der Waals surface area contributed by atoms with Crippen LogP contribution in [0.4, 0.5) is 8.78 Å². The third-order valence-corrected chi connectivity index (χ3v) is 3.64. The summed E-state index contributed by atoms with van der Waals surface area (Å²) >= 11 is 0. The maximum absolute atomic E-state index is 13.2. The topological polar surface area (TPSA) is 36.4 Å². The van der Waals surface area contributed by atoms with Crippen LogP contribution < -0.4 is 0 Å². The van der Waals surface area contributed by atoms with E-state index in [0.717, 1.165) is 17.7 Å². The summed E-state index contributed by atoms with van der Waals surface area (Å²) in [6, 6.07) is 7.35. The molecule has 0 bridgehead atoms. The number of aromatic nitrogens is 1. The van der Waals surface area contributed by atoms with Crippen LogP contribution in [0.5, 0.6) is 0 Å². The van der Waals surface area contributed by atoms with E-state index in [2.05, 4.69) is 4.98 Å². The van der Waals surface area contributed by atoms with Gasteiger partial charge in [0.15, 0.2) is 11.6 Å². The van der Waals surface area contributed by atoms with Gasteiger partial charge in [-0.1, -0.05) is 6.07 Å². The Kier molecular flexibility index (Phi) is 4.98. The van der Waals surface area contributed by atoms with Gasteiger partial charge in [0, 0.05) is 25.0 Å². The van der Waals surface area contributed by atoms with Gasteiger partial charge in [-0.2, -0.15) is 0 Å². The van der Waals surface area contributed by atoms with Crippen LogP contribution in [-0.4, -0.2) is 28.6 Å². The second-order valence-corrected chi connectivity index (χ2v) is 5.09. The summed E-state index contributed by atoms with van der Waals surface area (Å²) in [4.78, 5) is 5.91. The summed E-state index contributed by atoms with van der Waals surface area (Å²) in [5.74, 6) is -1.86. The van der Waals surface area contributed by atoms with Crippen LogP contribution in [0.15, 0.2) is 42.7 Å². The summed E-state index contributed by atoms with van der Waals surface area (Å²) in [6.07, 6.45) is 2.55. The second kappa shape index (κ2) is 6.74. The third kappa shape index (κ3) is 3.83. The number of hydrogen-bond donors (Lipinski definition) is 1.